The average Bonchev–Trinajstić information content (AvgIpc) is 2.47. The summed E-state index contributed by atoms with van der Waals surface area (Å²) in [6.45, 7) is 3.70. The van der Waals surface area contributed by atoms with Gasteiger partial charge < -0.3 is 5.32 Å². The van der Waals surface area contributed by atoms with Gasteiger partial charge in [-0.05, 0) is 12.8 Å². The maximum atomic E-state index is 12.1. The molecule has 1 aliphatic carbocycles. The van der Waals surface area contributed by atoms with Gasteiger partial charge in [-0.25, -0.2) is 0 Å². The first kappa shape index (κ1) is 14.7. The summed E-state index contributed by atoms with van der Waals surface area (Å²) in [5, 5.41) is 21.3. The van der Waals surface area contributed by atoms with Crippen LogP contribution < -0.4 is 5.32 Å². The van der Waals surface area contributed by atoms with Gasteiger partial charge in [-0.2, -0.15) is 10.5 Å². The molecular weight excluding hydrogens is 270 g/mol. The van der Waals surface area contributed by atoms with Gasteiger partial charge in [-0.3, -0.25) is 4.79 Å². The molecule has 0 aromatic carbocycles. The highest BCUT2D eigenvalue weighted by Gasteiger charge is 2.51. The molecule has 1 atom stereocenters. The van der Waals surface area contributed by atoms with Crippen molar-refractivity contribution in [2.24, 2.45) is 11.3 Å². The van der Waals surface area contributed by atoms with Crippen LogP contribution >= 0.6 is 11.8 Å². The lowest BCUT2D eigenvalue weighted by Crippen LogP contribution is -2.48. The predicted molar refractivity (Wildman–Crippen MR) is 78.1 cm³/mol. The standard InChI is InChI=1S/C15H17N3OS/c1-2-8-20-13-12(10-17)18-14(19)11(9-16)15(13)6-4-3-5-7-15/h2,11H,1,3-8H2,(H,18,19). The molecule has 1 fully saturated rings. The molecule has 1 unspecified atom stereocenters. The van der Waals surface area contributed by atoms with Crippen LogP contribution in [0, 0.1) is 34.0 Å². The van der Waals surface area contributed by atoms with Crippen molar-refractivity contribution in [3.05, 3.63) is 23.3 Å². The highest BCUT2D eigenvalue weighted by atomic mass is 32.2. The smallest absolute Gasteiger partial charge is 0.243 e. The van der Waals surface area contributed by atoms with Gasteiger partial charge in [0.15, 0.2) is 0 Å². The van der Waals surface area contributed by atoms with Crippen LogP contribution in [0.1, 0.15) is 32.1 Å². The molecule has 1 spiro atoms. The lowest BCUT2D eigenvalue weighted by Gasteiger charge is -2.44. The second-order valence-corrected chi connectivity index (χ2v) is 6.21. The minimum absolute atomic E-state index is 0.325. The second kappa shape index (κ2) is 6.15. The van der Waals surface area contributed by atoms with E-state index in [1.54, 1.807) is 6.08 Å². The molecule has 1 aliphatic heterocycles. The molecule has 0 radical (unpaired) electrons. The molecular formula is C15H17N3OS. The molecule has 2 rings (SSSR count). The summed E-state index contributed by atoms with van der Waals surface area (Å²) >= 11 is 1.53. The number of allylic oxidation sites excluding steroid dienone is 2. The maximum absolute atomic E-state index is 12.1. The molecule has 2 aliphatic rings. The third kappa shape index (κ3) is 2.34. The van der Waals surface area contributed by atoms with Gasteiger partial charge >= 0.3 is 0 Å². The fourth-order valence-electron chi connectivity index (χ4n) is 3.20. The van der Waals surface area contributed by atoms with E-state index >= 15 is 0 Å². The Labute approximate surface area is 123 Å². The molecule has 20 heavy (non-hydrogen) atoms. The van der Waals surface area contributed by atoms with Gasteiger partial charge in [0.2, 0.25) is 5.91 Å². The van der Waals surface area contributed by atoms with Crippen molar-refractivity contribution >= 4 is 17.7 Å². The Hall–Kier alpha value is -1.72. The van der Waals surface area contributed by atoms with E-state index in [1.165, 1.54) is 11.8 Å². The molecule has 1 heterocycles. The van der Waals surface area contributed by atoms with Crippen LogP contribution in [-0.2, 0) is 4.79 Å². The number of nitrogens with one attached hydrogen (secondary N) is 1. The highest BCUT2D eigenvalue weighted by molar-refractivity contribution is 8.03. The van der Waals surface area contributed by atoms with E-state index in [2.05, 4.69) is 24.0 Å². The quantitative estimate of drug-likeness (QED) is 0.810. The molecule has 1 saturated carbocycles. The minimum atomic E-state index is -0.688. The Balaban J connectivity index is 2.52. The van der Waals surface area contributed by atoms with Crippen molar-refractivity contribution < 1.29 is 4.79 Å². The number of thioether (sulfide) groups is 1. The lowest BCUT2D eigenvalue weighted by atomic mass is 9.64. The van der Waals surface area contributed by atoms with E-state index in [-0.39, 0.29) is 5.91 Å². The summed E-state index contributed by atoms with van der Waals surface area (Å²) in [5.74, 6) is -0.336. The van der Waals surface area contributed by atoms with E-state index in [1.807, 2.05) is 0 Å². The fraction of sp³-hybridized carbons (Fsp3) is 0.533. The van der Waals surface area contributed by atoms with E-state index in [9.17, 15) is 15.3 Å². The van der Waals surface area contributed by atoms with Crippen molar-refractivity contribution in [1.29, 1.82) is 10.5 Å². The molecule has 104 valence electrons. The topological polar surface area (TPSA) is 76.7 Å². The van der Waals surface area contributed by atoms with Gasteiger partial charge in [0.05, 0.1) is 6.07 Å². The number of carbonyl (C=O) groups is 1. The predicted octanol–water partition coefficient (Wildman–Crippen LogP) is 2.86. The summed E-state index contributed by atoms with van der Waals surface area (Å²) in [6, 6.07) is 4.26. The summed E-state index contributed by atoms with van der Waals surface area (Å²) in [6.07, 6.45) is 6.53. The van der Waals surface area contributed by atoms with Crippen LogP contribution in [0.3, 0.4) is 0 Å². The number of amides is 1. The molecule has 0 aromatic heterocycles. The first-order valence-corrected chi connectivity index (χ1v) is 7.77. The summed E-state index contributed by atoms with van der Waals surface area (Å²) in [5.41, 5.74) is -0.135. The number of carbonyl (C=O) groups excluding carboxylic acids is 1. The van der Waals surface area contributed by atoms with Crippen LogP contribution in [0.2, 0.25) is 0 Å². The third-order valence-electron chi connectivity index (χ3n) is 4.07. The molecule has 4 nitrogen and oxygen atoms in total. The first-order chi connectivity index (χ1) is 9.69. The summed E-state index contributed by atoms with van der Waals surface area (Å²) in [4.78, 5) is 13.0. The number of nitrogens with zero attached hydrogens (tertiary/aromatic N) is 2. The Morgan fingerprint density at radius 1 is 1.40 bits per heavy atom. The van der Waals surface area contributed by atoms with Crippen molar-refractivity contribution in [3.63, 3.8) is 0 Å². The molecule has 1 amide bonds. The van der Waals surface area contributed by atoms with E-state index < -0.39 is 11.3 Å². The maximum Gasteiger partial charge on any atom is 0.243 e. The summed E-state index contributed by atoms with van der Waals surface area (Å²) in [7, 11) is 0. The van der Waals surface area contributed by atoms with Crippen LogP contribution in [0.4, 0.5) is 0 Å². The minimum Gasteiger partial charge on any atom is -0.315 e. The number of rotatable bonds is 3. The fourth-order valence-corrected chi connectivity index (χ4v) is 4.34. The second-order valence-electron chi connectivity index (χ2n) is 5.18. The summed E-state index contributed by atoms with van der Waals surface area (Å²) < 4.78 is 0. The van der Waals surface area contributed by atoms with Gasteiger partial charge in [0.25, 0.3) is 0 Å². The normalized spacial score (nSPS) is 24.7. The Morgan fingerprint density at radius 2 is 2.10 bits per heavy atom. The van der Waals surface area contributed by atoms with Crippen molar-refractivity contribution in [2.75, 3.05) is 5.75 Å². The van der Waals surface area contributed by atoms with E-state index in [0.717, 1.165) is 37.0 Å². The zero-order valence-corrected chi connectivity index (χ0v) is 12.1. The van der Waals surface area contributed by atoms with Crippen LogP contribution in [0.5, 0.6) is 0 Å². The van der Waals surface area contributed by atoms with Crippen LogP contribution in [0.25, 0.3) is 0 Å². The zero-order valence-electron chi connectivity index (χ0n) is 11.3. The molecule has 5 heteroatoms. The third-order valence-corrected chi connectivity index (χ3v) is 5.38. The molecule has 0 saturated heterocycles. The van der Waals surface area contributed by atoms with E-state index in [4.69, 9.17) is 0 Å². The monoisotopic (exact) mass is 287 g/mol. The number of hydrogen-bond donors (Lipinski definition) is 1. The largest absolute Gasteiger partial charge is 0.315 e. The lowest BCUT2D eigenvalue weighted by molar-refractivity contribution is -0.126. The highest BCUT2D eigenvalue weighted by Crippen LogP contribution is 2.54. The van der Waals surface area contributed by atoms with Gasteiger partial charge in [0.1, 0.15) is 17.7 Å². The SMILES string of the molecule is C=CCSC1=C(C#N)NC(=O)C(C#N)C12CCCCC2. The van der Waals surface area contributed by atoms with Crippen molar-refractivity contribution in [2.45, 2.75) is 32.1 Å². The number of nitriles is 2. The Bertz CT molecular complexity index is 532. The molecule has 1 N–H and O–H groups in total. The Kier molecular flexibility index (Phi) is 4.52. The van der Waals surface area contributed by atoms with E-state index in [0.29, 0.717) is 11.4 Å². The van der Waals surface area contributed by atoms with Gasteiger partial charge in [0, 0.05) is 16.1 Å². The number of hydrogen-bond acceptors (Lipinski definition) is 4. The van der Waals surface area contributed by atoms with Crippen LogP contribution in [0.15, 0.2) is 23.3 Å². The molecule has 0 bridgehead atoms. The Morgan fingerprint density at radius 3 is 2.65 bits per heavy atom. The average molecular weight is 287 g/mol. The van der Waals surface area contributed by atoms with Crippen LogP contribution in [-0.4, -0.2) is 11.7 Å². The van der Waals surface area contributed by atoms with Crippen molar-refractivity contribution in [1.82, 2.24) is 5.32 Å². The van der Waals surface area contributed by atoms with Gasteiger partial charge in [-0.1, -0.05) is 25.3 Å². The molecule has 0 aromatic rings. The van der Waals surface area contributed by atoms with Gasteiger partial charge in [-0.15, -0.1) is 18.3 Å². The zero-order chi connectivity index (χ0) is 14.6. The first-order valence-electron chi connectivity index (χ1n) is 6.78. The van der Waals surface area contributed by atoms with Crippen molar-refractivity contribution in [3.8, 4) is 12.1 Å².